The zero-order valence-corrected chi connectivity index (χ0v) is 9.63. The van der Waals surface area contributed by atoms with Crippen molar-refractivity contribution in [3.63, 3.8) is 0 Å². The lowest BCUT2D eigenvalue weighted by molar-refractivity contribution is -0.355. The second-order valence-corrected chi connectivity index (χ2v) is 3.87. The molecule has 0 spiro atoms. The van der Waals surface area contributed by atoms with Gasteiger partial charge in [0.15, 0.2) is 12.0 Å². The Morgan fingerprint density at radius 2 is 1.71 bits per heavy atom. The average molecular weight is 248 g/mol. The highest BCUT2D eigenvalue weighted by molar-refractivity contribution is 6.32. The molecule has 2 aromatic carbocycles. The number of rotatable bonds is 2. The van der Waals surface area contributed by atoms with E-state index >= 15 is 0 Å². The van der Waals surface area contributed by atoms with Crippen molar-refractivity contribution in [3.8, 4) is 5.75 Å². The minimum Gasteiger partial charge on any atom is -0.618 e. The van der Waals surface area contributed by atoms with Gasteiger partial charge in [0.2, 0.25) is 0 Å². The van der Waals surface area contributed by atoms with Gasteiger partial charge in [0.05, 0.1) is 10.6 Å². The molecule has 3 nitrogen and oxygen atoms in total. The molecular weight excluding hydrogens is 238 g/mol. The molecule has 0 aliphatic rings. The zero-order valence-electron chi connectivity index (χ0n) is 8.88. The van der Waals surface area contributed by atoms with Gasteiger partial charge in [-0.25, -0.2) is 0 Å². The van der Waals surface area contributed by atoms with Gasteiger partial charge < -0.3 is 10.3 Å². The molecule has 0 unspecified atom stereocenters. The first-order chi connectivity index (χ1) is 8.18. The van der Waals surface area contributed by atoms with Gasteiger partial charge in [0, 0.05) is 6.07 Å². The molecule has 0 saturated carbocycles. The lowest BCUT2D eigenvalue weighted by atomic mass is 10.2. The minimum absolute atomic E-state index is 0.0641. The molecule has 0 radical (unpaired) electrons. The van der Waals surface area contributed by atoms with Gasteiger partial charge in [0.25, 0.3) is 5.69 Å². The van der Waals surface area contributed by atoms with Crippen LogP contribution in [0.1, 0.15) is 5.56 Å². The molecule has 4 heteroatoms. The van der Waals surface area contributed by atoms with Crippen LogP contribution in [0.2, 0.25) is 5.02 Å². The number of halogens is 1. The summed E-state index contributed by atoms with van der Waals surface area (Å²) >= 11 is 5.94. The molecule has 0 heterocycles. The molecule has 0 amide bonds. The first-order valence-corrected chi connectivity index (χ1v) is 5.40. The Kier molecular flexibility index (Phi) is 3.30. The van der Waals surface area contributed by atoms with Gasteiger partial charge in [-0.1, -0.05) is 35.9 Å². The maximum atomic E-state index is 11.8. The van der Waals surface area contributed by atoms with Crippen LogP contribution < -0.4 is 0 Å². The Hall–Kier alpha value is -2.00. The summed E-state index contributed by atoms with van der Waals surface area (Å²) in [6, 6.07) is 13.3. The highest BCUT2D eigenvalue weighted by atomic mass is 35.5. The van der Waals surface area contributed by atoms with Crippen LogP contribution in [0.4, 0.5) is 5.69 Å². The molecule has 0 saturated heterocycles. The first kappa shape index (κ1) is 11.5. The Morgan fingerprint density at radius 1 is 1.06 bits per heavy atom. The van der Waals surface area contributed by atoms with E-state index in [4.69, 9.17) is 11.6 Å². The minimum atomic E-state index is -0.0641. The normalized spacial score (nSPS) is 11.5. The quantitative estimate of drug-likeness (QED) is 0.383. The van der Waals surface area contributed by atoms with E-state index in [9.17, 15) is 10.3 Å². The third kappa shape index (κ3) is 2.57. The van der Waals surface area contributed by atoms with Crippen molar-refractivity contribution >= 4 is 23.5 Å². The molecule has 86 valence electrons. The van der Waals surface area contributed by atoms with Gasteiger partial charge in [-0.2, -0.15) is 4.74 Å². The largest absolute Gasteiger partial charge is 0.618 e. The van der Waals surface area contributed by atoms with Crippen LogP contribution in [-0.4, -0.2) is 16.1 Å². The van der Waals surface area contributed by atoms with Crippen LogP contribution in [0.15, 0.2) is 48.5 Å². The number of nitrogens with zero attached hydrogens (tertiary/aromatic N) is 1. The molecule has 0 bridgehead atoms. The summed E-state index contributed by atoms with van der Waals surface area (Å²) < 4.78 is 0.594. The van der Waals surface area contributed by atoms with Crippen LogP contribution in [0, 0.1) is 5.21 Å². The van der Waals surface area contributed by atoms with Crippen LogP contribution in [0.25, 0.3) is 0 Å². The highest BCUT2D eigenvalue weighted by Gasteiger charge is 2.08. The predicted molar refractivity (Wildman–Crippen MR) is 68.0 cm³/mol. The lowest BCUT2D eigenvalue weighted by Crippen LogP contribution is -1.99. The molecular formula is C13H10ClNO2. The molecule has 0 atom stereocenters. The van der Waals surface area contributed by atoms with Gasteiger partial charge >= 0.3 is 0 Å². The first-order valence-electron chi connectivity index (χ1n) is 5.02. The van der Waals surface area contributed by atoms with Crippen molar-refractivity contribution in [1.29, 1.82) is 0 Å². The summed E-state index contributed by atoms with van der Waals surface area (Å²) in [4.78, 5) is 0. The maximum absolute atomic E-state index is 11.8. The van der Waals surface area contributed by atoms with E-state index in [0.29, 0.717) is 15.3 Å². The standard InChI is InChI=1S/C13H10ClNO2/c14-11-6-2-1-5-10(11)9-15(17)12-7-3-4-8-13(12)16/h1-9,16H. The average Bonchev–Trinajstić information content (AvgIpc) is 2.32. The van der Waals surface area contributed by atoms with Gasteiger partial charge in [0.1, 0.15) is 0 Å². The number of aromatic hydroxyl groups is 1. The summed E-state index contributed by atoms with van der Waals surface area (Å²) in [5, 5.41) is 21.9. The van der Waals surface area contributed by atoms with Crippen LogP contribution in [0.3, 0.4) is 0 Å². The van der Waals surface area contributed by atoms with Crippen LogP contribution in [-0.2, 0) is 0 Å². The van der Waals surface area contributed by atoms with Crippen molar-refractivity contribution < 1.29 is 9.85 Å². The Labute approximate surface area is 104 Å². The fraction of sp³-hybridized carbons (Fsp3) is 0. The van der Waals surface area contributed by atoms with E-state index < -0.39 is 0 Å². The summed E-state index contributed by atoms with van der Waals surface area (Å²) in [5.74, 6) is -0.0641. The number of hydrogen-bond donors (Lipinski definition) is 1. The van der Waals surface area contributed by atoms with E-state index in [-0.39, 0.29) is 11.4 Å². The second kappa shape index (κ2) is 4.89. The third-order valence-corrected chi connectivity index (χ3v) is 2.62. The number of phenols is 1. The zero-order chi connectivity index (χ0) is 12.3. The van der Waals surface area contributed by atoms with Crippen molar-refractivity contribution in [2.24, 2.45) is 0 Å². The molecule has 0 aromatic heterocycles. The van der Waals surface area contributed by atoms with Crippen molar-refractivity contribution in [3.05, 3.63) is 64.3 Å². The SMILES string of the molecule is [O-][N+](=Cc1ccccc1Cl)c1ccccc1O. The van der Waals surface area contributed by atoms with Crippen molar-refractivity contribution in [1.82, 2.24) is 0 Å². The van der Waals surface area contributed by atoms with E-state index in [1.807, 2.05) is 0 Å². The van der Waals surface area contributed by atoms with Gasteiger partial charge in [-0.05, 0) is 18.2 Å². The maximum Gasteiger partial charge on any atom is 0.258 e. The van der Waals surface area contributed by atoms with Crippen LogP contribution >= 0.6 is 11.6 Å². The molecule has 0 aliphatic heterocycles. The highest BCUT2D eigenvalue weighted by Crippen LogP contribution is 2.24. The van der Waals surface area contributed by atoms with Crippen LogP contribution in [0.5, 0.6) is 5.75 Å². The van der Waals surface area contributed by atoms with E-state index in [1.54, 1.807) is 36.4 Å². The summed E-state index contributed by atoms with van der Waals surface area (Å²) in [7, 11) is 0. The monoisotopic (exact) mass is 247 g/mol. The fourth-order valence-electron chi connectivity index (χ4n) is 1.43. The number of hydrogen-bond acceptors (Lipinski definition) is 2. The molecule has 17 heavy (non-hydrogen) atoms. The summed E-state index contributed by atoms with van der Waals surface area (Å²) in [6.45, 7) is 0. The van der Waals surface area contributed by atoms with Crippen molar-refractivity contribution in [2.75, 3.05) is 0 Å². The van der Waals surface area contributed by atoms with E-state index in [0.717, 1.165) is 0 Å². The summed E-state index contributed by atoms with van der Waals surface area (Å²) in [5.41, 5.74) is 0.792. The second-order valence-electron chi connectivity index (χ2n) is 3.47. The Balaban J connectivity index is 2.42. The van der Waals surface area contributed by atoms with Gasteiger partial charge in [-0.15, -0.1) is 0 Å². The Bertz CT molecular complexity index is 567. The molecule has 2 rings (SSSR count). The third-order valence-electron chi connectivity index (χ3n) is 2.28. The van der Waals surface area contributed by atoms with E-state index in [2.05, 4.69) is 0 Å². The smallest absolute Gasteiger partial charge is 0.258 e. The lowest BCUT2D eigenvalue weighted by Gasteiger charge is -2.04. The van der Waals surface area contributed by atoms with Crippen molar-refractivity contribution in [2.45, 2.75) is 0 Å². The van der Waals surface area contributed by atoms with Gasteiger partial charge in [-0.3, -0.25) is 0 Å². The Morgan fingerprint density at radius 3 is 2.41 bits per heavy atom. The fourth-order valence-corrected chi connectivity index (χ4v) is 1.61. The van der Waals surface area contributed by atoms with E-state index in [1.165, 1.54) is 18.3 Å². The molecule has 1 N–H and O–H groups in total. The number of phenolic OH excluding ortho intramolecular Hbond substituents is 1. The number of para-hydroxylation sites is 2. The predicted octanol–water partition coefficient (Wildman–Crippen LogP) is 3.31. The molecule has 0 fully saturated rings. The molecule has 2 aromatic rings. The topological polar surface area (TPSA) is 46.3 Å². The summed E-state index contributed by atoms with van der Waals surface area (Å²) in [6.07, 6.45) is 1.33. The molecule has 0 aliphatic carbocycles. The number of benzene rings is 2.